The first-order valence-electron chi connectivity index (χ1n) is 9.08. The van der Waals surface area contributed by atoms with E-state index in [4.69, 9.17) is 0 Å². The lowest BCUT2D eigenvalue weighted by Gasteiger charge is -2.20. The summed E-state index contributed by atoms with van der Waals surface area (Å²) >= 11 is 3.68. The number of anilines is 1. The fourth-order valence-electron chi connectivity index (χ4n) is 3.21. The average Bonchev–Trinajstić information content (AvgIpc) is 3.43. The first kappa shape index (κ1) is 22.7. The van der Waals surface area contributed by atoms with Gasteiger partial charge in [-0.3, -0.25) is 9.79 Å². The Labute approximate surface area is 191 Å². The van der Waals surface area contributed by atoms with E-state index in [-0.39, 0.29) is 35.3 Å². The van der Waals surface area contributed by atoms with Crippen LogP contribution in [0.1, 0.15) is 30.9 Å². The van der Waals surface area contributed by atoms with Gasteiger partial charge in [0.1, 0.15) is 0 Å². The van der Waals surface area contributed by atoms with Crippen molar-refractivity contribution in [3.05, 3.63) is 64.1 Å². The number of aliphatic imine (C=N–C) groups is 1. The van der Waals surface area contributed by atoms with Gasteiger partial charge in [-0.25, -0.2) is 0 Å². The molecule has 1 aliphatic rings. The van der Waals surface area contributed by atoms with Crippen molar-refractivity contribution in [2.45, 2.75) is 31.7 Å². The highest BCUT2D eigenvalue weighted by Gasteiger charge is 2.45. The van der Waals surface area contributed by atoms with Gasteiger partial charge in [0.2, 0.25) is 5.91 Å². The van der Waals surface area contributed by atoms with Gasteiger partial charge in [-0.05, 0) is 42.2 Å². The van der Waals surface area contributed by atoms with Crippen molar-refractivity contribution >= 4 is 57.5 Å². The molecule has 0 aromatic heterocycles. The van der Waals surface area contributed by atoms with E-state index in [0.29, 0.717) is 6.54 Å². The quantitative estimate of drug-likeness (QED) is 0.280. The van der Waals surface area contributed by atoms with E-state index in [1.54, 1.807) is 7.05 Å². The smallest absolute Gasteiger partial charge is 0.221 e. The molecule has 0 unspecified atom stereocenters. The van der Waals surface area contributed by atoms with E-state index in [0.717, 1.165) is 23.8 Å². The molecule has 1 saturated carbocycles. The average molecular weight is 557 g/mol. The molecule has 1 amide bonds. The molecule has 1 aliphatic carbocycles. The molecule has 2 aromatic carbocycles. The van der Waals surface area contributed by atoms with E-state index in [1.807, 2.05) is 30.3 Å². The van der Waals surface area contributed by atoms with Gasteiger partial charge < -0.3 is 16.0 Å². The number of guanidine groups is 1. The van der Waals surface area contributed by atoms with Crippen molar-refractivity contribution in [2.75, 3.05) is 18.9 Å². The molecule has 0 bridgehead atoms. The first-order valence-corrected chi connectivity index (χ1v) is 9.88. The third kappa shape index (κ3) is 5.94. The van der Waals surface area contributed by atoms with Crippen molar-refractivity contribution in [3.63, 3.8) is 0 Å². The van der Waals surface area contributed by atoms with Gasteiger partial charge in [-0.15, -0.1) is 24.0 Å². The predicted molar refractivity (Wildman–Crippen MR) is 129 cm³/mol. The maximum Gasteiger partial charge on any atom is 0.221 e. The Hall–Kier alpha value is -1.61. The summed E-state index contributed by atoms with van der Waals surface area (Å²) in [5.41, 5.74) is 3.42. The largest absolute Gasteiger partial charge is 0.356 e. The van der Waals surface area contributed by atoms with Crippen molar-refractivity contribution in [1.29, 1.82) is 0 Å². The summed E-state index contributed by atoms with van der Waals surface area (Å²) in [6.45, 7) is 2.99. The lowest BCUT2D eigenvalue weighted by molar-refractivity contribution is -0.114. The van der Waals surface area contributed by atoms with E-state index in [1.165, 1.54) is 29.8 Å². The van der Waals surface area contributed by atoms with Crippen LogP contribution in [0.15, 0.2) is 58.0 Å². The fourth-order valence-corrected chi connectivity index (χ4v) is 3.91. The van der Waals surface area contributed by atoms with E-state index in [2.05, 4.69) is 55.1 Å². The number of nitrogens with one attached hydrogen (secondary N) is 3. The zero-order valence-electron chi connectivity index (χ0n) is 16.1. The van der Waals surface area contributed by atoms with Gasteiger partial charge in [0.25, 0.3) is 0 Å². The number of nitrogens with zero attached hydrogens (tertiary/aromatic N) is 1. The van der Waals surface area contributed by atoms with Gasteiger partial charge >= 0.3 is 0 Å². The standard InChI is InChI=1S/C21H25BrN4O.HI/c1-15(27)26-17-7-5-6-16(12-17)13-24-20(23-2)25-14-21(10-11-21)18-8-3-4-9-19(18)22;/h3-9,12H,10-11,13-14H2,1-2H3,(H,26,27)(H2,23,24,25);1H. The fraction of sp³-hybridized carbons (Fsp3) is 0.333. The number of amides is 1. The molecule has 0 heterocycles. The number of carbonyl (C=O) groups excluding carboxylic acids is 1. The van der Waals surface area contributed by atoms with Crippen molar-refractivity contribution in [3.8, 4) is 0 Å². The number of hydrogen-bond acceptors (Lipinski definition) is 2. The normalized spacial score (nSPS) is 14.6. The van der Waals surface area contributed by atoms with Gasteiger partial charge in [0.15, 0.2) is 5.96 Å². The molecular formula is C21H26BrIN4O. The molecule has 150 valence electrons. The molecule has 0 spiro atoms. The van der Waals surface area contributed by atoms with Crippen LogP contribution in [0.25, 0.3) is 0 Å². The molecule has 0 aliphatic heterocycles. The maximum atomic E-state index is 11.2. The van der Waals surface area contributed by atoms with Gasteiger partial charge in [-0.1, -0.05) is 46.3 Å². The van der Waals surface area contributed by atoms with Crippen LogP contribution in [0.5, 0.6) is 0 Å². The number of halogens is 2. The number of benzene rings is 2. The van der Waals surface area contributed by atoms with Crippen LogP contribution in [0.2, 0.25) is 0 Å². The molecule has 0 saturated heterocycles. The maximum absolute atomic E-state index is 11.2. The van der Waals surface area contributed by atoms with Gasteiger partial charge in [-0.2, -0.15) is 0 Å². The Morgan fingerprint density at radius 3 is 2.54 bits per heavy atom. The number of hydrogen-bond donors (Lipinski definition) is 3. The monoisotopic (exact) mass is 556 g/mol. The molecule has 2 aromatic rings. The van der Waals surface area contributed by atoms with Crippen LogP contribution in [-0.2, 0) is 16.8 Å². The molecule has 0 atom stereocenters. The first-order chi connectivity index (χ1) is 13.0. The summed E-state index contributed by atoms with van der Waals surface area (Å²) in [6, 6.07) is 16.2. The molecular weight excluding hydrogens is 531 g/mol. The zero-order valence-corrected chi connectivity index (χ0v) is 20.0. The SMILES string of the molecule is CN=C(NCc1cccc(NC(C)=O)c1)NCC1(c2ccccc2Br)CC1.I. The Bertz CT molecular complexity index is 852. The molecule has 3 rings (SSSR count). The lowest BCUT2D eigenvalue weighted by atomic mass is 9.96. The summed E-state index contributed by atoms with van der Waals surface area (Å²) in [5.74, 6) is 0.706. The Morgan fingerprint density at radius 1 is 1.14 bits per heavy atom. The van der Waals surface area contributed by atoms with Crippen LogP contribution in [0, 0.1) is 0 Å². The van der Waals surface area contributed by atoms with E-state index in [9.17, 15) is 4.79 Å². The Balaban J connectivity index is 0.00000280. The third-order valence-electron chi connectivity index (χ3n) is 4.82. The Kier molecular flexibility index (Phi) is 8.30. The minimum Gasteiger partial charge on any atom is -0.356 e. The number of carbonyl (C=O) groups is 1. The molecule has 1 fully saturated rings. The second-order valence-electron chi connectivity index (χ2n) is 6.92. The van der Waals surface area contributed by atoms with E-state index < -0.39 is 0 Å². The molecule has 5 nitrogen and oxygen atoms in total. The second-order valence-corrected chi connectivity index (χ2v) is 7.78. The molecule has 7 heteroatoms. The van der Waals surface area contributed by atoms with Crippen molar-refractivity contribution < 1.29 is 4.79 Å². The molecule has 28 heavy (non-hydrogen) atoms. The van der Waals surface area contributed by atoms with Crippen LogP contribution in [0.3, 0.4) is 0 Å². The molecule has 0 radical (unpaired) electrons. The van der Waals surface area contributed by atoms with Gasteiger partial charge in [0, 0.05) is 42.6 Å². The highest BCUT2D eigenvalue weighted by Crippen LogP contribution is 2.49. The van der Waals surface area contributed by atoms with Crippen molar-refractivity contribution in [1.82, 2.24) is 10.6 Å². The zero-order chi connectivity index (χ0) is 19.3. The van der Waals surface area contributed by atoms with Gasteiger partial charge in [0.05, 0.1) is 0 Å². The van der Waals surface area contributed by atoms with Crippen LogP contribution in [0.4, 0.5) is 5.69 Å². The molecule has 3 N–H and O–H groups in total. The summed E-state index contributed by atoms with van der Waals surface area (Å²) in [4.78, 5) is 15.5. The summed E-state index contributed by atoms with van der Waals surface area (Å²) < 4.78 is 1.17. The summed E-state index contributed by atoms with van der Waals surface area (Å²) in [6.07, 6.45) is 2.36. The predicted octanol–water partition coefficient (Wildman–Crippen LogP) is 4.42. The van der Waals surface area contributed by atoms with Crippen LogP contribution < -0.4 is 16.0 Å². The van der Waals surface area contributed by atoms with E-state index >= 15 is 0 Å². The van der Waals surface area contributed by atoms with Crippen molar-refractivity contribution in [2.24, 2.45) is 4.99 Å². The minimum atomic E-state index is -0.0700. The second kappa shape index (κ2) is 10.2. The van der Waals surface area contributed by atoms with Crippen LogP contribution >= 0.6 is 39.9 Å². The topological polar surface area (TPSA) is 65.5 Å². The lowest BCUT2D eigenvalue weighted by Crippen LogP contribution is -2.41. The highest BCUT2D eigenvalue weighted by molar-refractivity contribution is 14.0. The third-order valence-corrected chi connectivity index (χ3v) is 5.52. The summed E-state index contributed by atoms with van der Waals surface area (Å²) in [7, 11) is 1.78. The number of rotatable bonds is 6. The Morgan fingerprint density at radius 2 is 1.89 bits per heavy atom. The minimum absolute atomic E-state index is 0. The van der Waals surface area contributed by atoms with Crippen LogP contribution in [-0.4, -0.2) is 25.5 Å². The summed E-state index contributed by atoms with van der Waals surface area (Å²) in [5, 5.41) is 9.62. The highest BCUT2D eigenvalue weighted by atomic mass is 127.